The largest absolute Gasteiger partial charge is 0.494 e. The predicted molar refractivity (Wildman–Crippen MR) is 88.5 cm³/mol. The number of amides is 1. The summed E-state index contributed by atoms with van der Waals surface area (Å²) < 4.78 is 20.6. The summed E-state index contributed by atoms with van der Waals surface area (Å²) in [5.74, 6) is 0.0398. The molecule has 1 aliphatic rings. The fraction of sp³-hybridized carbons (Fsp3) is 0.444. The van der Waals surface area contributed by atoms with Gasteiger partial charge in [0, 0.05) is 31.4 Å². The first-order valence-corrected chi connectivity index (χ1v) is 8.18. The molecule has 1 amide bonds. The van der Waals surface area contributed by atoms with Gasteiger partial charge in [-0.3, -0.25) is 9.48 Å². The average molecular weight is 331 g/mol. The van der Waals surface area contributed by atoms with E-state index >= 15 is 0 Å². The molecular formula is C18H22FN3O2. The van der Waals surface area contributed by atoms with Gasteiger partial charge in [-0.05, 0) is 49.4 Å². The highest BCUT2D eigenvalue weighted by Gasteiger charge is 2.24. The Morgan fingerprint density at radius 1 is 1.38 bits per heavy atom. The quantitative estimate of drug-likeness (QED) is 0.865. The summed E-state index contributed by atoms with van der Waals surface area (Å²) in [5, 5.41) is 4.32. The summed E-state index contributed by atoms with van der Waals surface area (Å²) in [6.45, 7) is 4.29. The normalized spacial score (nSPS) is 15.5. The molecule has 6 heteroatoms. The SMILES string of the molecule is COc1ccc(C(=O)N2CCC(Cn3cc(C)cn3)CC2)cc1F. The van der Waals surface area contributed by atoms with Gasteiger partial charge in [-0.25, -0.2) is 4.39 Å². The Morgan fingerprint density at radius 2 is 2.12 bits per heavy atom. The average Bonchev–Trinajstić information content (AvgIpc) is 2.99. The minimum absolute atomic E-state index is 0.120. The van der Waals surface area contributed by atoms with Crippen LogP contribution in [-0.4, -0.2) is 40.8 Å². The van der Waals surface area contributed by atoms with Crippen molar-refractivity contribution in [2.75, 3.05) is 20.2 Å². The summed E-state index contributed by atoms with van der Waals surface area (Å²) in [7, 11) is 1.41. The third-order valence-electron chi connectivity index (χ3n) is 4.51. The summed E-state index contributed by atoms with van der Waals surface area (Å²) in [6, 6.07) is 4.36. The lowest BCUT2D eigenvalue weighted by atomic mass is 9.96. The van der Waals surface area contributed by atoms with Gasteiger partial charge in [0.1, 0.15) is 0 Å². The van der Waals surface area contributed by atoms with E-state index in [0.29, 0.717) is 24.6 Å². The maximum atomic E-state index is 13.8. The number of aromatic nitrogens is 2. The van der Waals surface area contributed by atoms with Gasteiger partial charge in [0.2, 0.25) is 0 Å². The molecule has 1 fully saturated rings. The molecule has 0 unspecified atom stereocenters. The molecule has 1 aromatic carbocycles. The van der Waals surface area contributed by atoms with Gasteiger partial charge < -0.3 is 9.64 Å². The molecule has 128 valence electrons. The molecule has 0 N–H and O–H groups in total. The van der Waals surface area contributed by atoms with Crippen molar-refractivity contribution in [3.05, 3.63) is 47.5 Å². The topological polar surface area (TPSA) is 47.4 Å². The standard InChI is InChI=1S/C18H22FN3O2/c1-13-10-20-22(11-13)12-14-5-7-21(8-6-14)18(23)15-3-4-17(24-2)16(19)9-15/h3-4,9-11,14H,5-8,12H2,1-2H3. The van der Waals surface area contributed by atoms with Gasteiger partial charge >= 0.3 is 0 Å². The number of ether oxygens (including phenoxy) is 1. The minimum Gasteiger partial charge on any atom is -0.494 e. The Morgan fingerprint density at radius 3 is 2.71 bits per heavy atom. The summed E-state index contributed by atoms with van der Waals surface area (Å²) in [4.78, 5) is 14.3. The Balaban J connectivity index is 1.57. The van der Waals surface area contributed by atoms with E-state index in [-0.39, 0.29) is 11.7 Å². The second-order valence-corrected chi connectivity index (χ2v) is 6.32. The molecule has 24 heavy (non-hydrogen) atoms. The van der Waals surface area contributed by atoms with Crippen LogP contribution in [-0.2, 0) is 6.54 Å². The van der Waals surface area contributed by atoms with Crippen molar-refractivity contribution in [3.8, 4) is 5.75 Å². The first-order chi connectivity index (χ1) is 11.6. The Labute approximate surface area is 141 Å². The van der Waals surface area contributed by atoms with Crippen LogP contribution in [0.15, 0.2) is 30.6 Å². The van der Waals surface area contributed by atoms with Crippen LogP contribution < -0.4 is 4.74 Å². The Bertz CT molecular complexity index is 721. The number of nitrogens with zero attached hydrogens (tertiary/aromatic N) is 3. The monoisotopic (exact) mass is 331 g/mol. The highest BCUT2D eigenvalue weighted by atomic mass is 19.1. The predicted octanol–water partition coefficient (Wildman–Crippen LogP) is 2.89. The van der Waals surface area contributed by atoms with Crippen LogP contribution in [0.2, 0.25) is 0 Å². The van der Waals surface area contributed by atoms with Crippen molar-refractivity contribution in [3.63, 3.8) is 0 Å². The molecule has 0 atom stereocenters. The summed E-state index contributed by atoms with van der Waals surface area (Å²) >= 11 is 0. The highest BCUT2D eigenvalue weighted by molar-refractivity contribution is 5.94. The van der Waals surface area contributed by atoms with E-state index in [1.165, 1.54) is 19.2 Å². The number of carbonyl (C=O) groups is 1. The number of halogens is 1. The van der Waals surface area contributed by atoms with E-state index in [4.69, 9.17) is 4.74 Å². The molecule has 0 spiro atoms. The lowest BCUT2D eigenvalue weighted by Gasteiger charge is -2.32. The molecular weight excluding hydrogens is 309 g/mol. The lowest BCUT2D eigenvalue weighted by molar-refractivity contribution is 0.0680. The molecule has 0 aliphatic carbocycles. The smallest absolute Gasteiger partial charge is 0.253 e. The molecule has 1 aromatic heterocycles. The second-order valence-electron chi connectivity index (χ2n) is 6.32. The zero-order chi connectivity index (χ0) is 17.1. The van der Waals surface area contributed by atoms with Crippen molar-refractivity contribution in [2.45, 2.75) is 26.3 Å². The van der Waals surface area contributed by atoms with Crippen molar-refractivity contribution in [2.24, 2.45) is 5.92 Å². The third kappa shape index (κ3) is 3.58. The number of piperidine rings is 1. The minimum atomic E-state index is -0.507. The van der Waals surface area contributed by atoms with E-state index in [2.05, 4.69) is 5.10 Å². The molecule has 3 rings (SSSR count). The van der Waals surface area contributed by atoms with E-state index in [9.17, 15) is 9.18 Å². The Kier molecular flexibility index (Phi) is 4.83. The van der Waals surface area contributed by atoms with Gasteiger partial charge in [0.15, 0.2) is 11.6 Å². The number of aryl methyl sites for hydroxylation is 1. The molecule has 0 bridgehead atoms. The van der Waals surface area contributed by atoms with Crippen molar-refractivity contribution in [1.82, 2.24) is 14.7 Å². The first kappa shape index (κ1) is 16.5. The van der Waals surface area contributed by atoms with Crippen molar-refractivity contribution < 1.29 is 13.9 Å². The molecule has 1 saturated heterocycles. The number of hydrogen-bond donors (Lipinski definition) is 0. The van der Waals surface area contributed by atoms with Gasteiger partial charge in [0.25, 0.3) is 5.91 Å². The zero-order valence-corrected chi connectivity index (χ0v) is 14.0. The number of hydrogen-bond acceptors (Lipinski definition) is 3. The Hall–Kier alpha value is -2.37. The number of rotatable bonds is 4. The van der Waals surface area contributed by atoms with Crippen LogP contribution in [0.25, 0.3) is 0 Å². The van der Waals surface area contributed by atoms with Crippen LogP contribution in [0.3, 0.4) is 0 Å². The molecule has 0 radical (unpaired) electrons. The number of carbonyl (C=O) groups excluding carboxylic acids is 1. The van der Waals surface area contributed by atoms with Gasteiger partial charge in [0.05, 0.1) is 13.3 Å². The van der Waals surface area contributed by atoms with Crippen molar-refractivity contribution in [1.29, 1.82) is 0 Å². The second kappa shape index (κ2) is 7.03. The summed E-state index contributed by atoms with van der Waals surface area (Å²) in [5.41, 5.74) is 1.53. The molecule has 1 aliphatic heterocycles. The van der Waals surface area contributed by atoms with Crippen LogP contribution in [0, 0.1) is 18.7 Å². The van der Waals surface area contributed by atoms with Gasteiger partial charge in [-0.15, -0.1) is 0 Å². The molecule has 2 aromatic rings. The zero-order valence-electron chi connectivity index (χ0n) is 14.0. The number of methoxy groups -OCH3 is 1. The summed E-state index contributed by atoms with van der Waals surface area (Å²) in [6.07, 6.45) is 5.76. The third-order valence-corrected chi connectivity index (χ3v) is 4.51. The van der Waals surface area contributed by atoms with Crippen molar-refractivity contribution >= 4 is 5.91 Å². The number of benzene rings is 1. The van der Waals surface area contributed by atoms with E-state index < -0.39 is 5.82 Å². The molecule has 0 saturated carbocycles. The van der Waals surface area contributed by atoms with Crippen LogP contribution >= 0.6 is 0 Å². The van der Waals surface area contributed by atoms with E-state index in [0.717, 1.165) is 24.9 Å². The van der Waals surface area contributed by atoms with E-state index in [1.807, 2.05) is 24.0 Å². The fourth-order valence-electron chi connectivity index (χ4n) is 3.13. The van der Waals surface area contributed by atoms with Crippen LogP contribution in [0.1, 0.15) is 28.8 Å². The lowest BCUT2D eigenvalue weighted by Crippen LogP contribution is -2.39. The van der Waals surface area contributed by atoms with Crippen LogP contribution in [0.5, 0.6) is 5.75 Å². The van der Waals surface area contributed by atoms with Crippen LogP contribution in [0.4, 0.5) is 4.39 Å². The number of likely N-dealkylation sites (tertiary alicyclic amines) is 1. The van der Waals surface area contributed by atoms with E-state index in [1.54, 1.807) is 11.0 Å². The fourth-order valence-corrected chi connectivity index (χ4v) is 3.13. The highest BCUT2D eigenvalue weighted by Crippen LogP contribution is 2.23. The first-order valence-electron chi connectivity index (χ1n) is 8.18. The van der Waals surface area contributed by atoms with Gasteiger partial charge in [-0.2, -0.15) is 5.10 Å². The van der Waals surface area contributed by atoms with Gasteiger partial charge in [-0.1, -0.05) is 0 Å². The molecule has 2 heterocycles. The molecule has 5 nitrogen and oxygen atoms in total. The maximum absolute atomic E-state index is 13.8. The maximum Gasteiger partial charge on any atom is 0.253 e.